The number of hydrogen-bond donors (Lipinski definition) is 2. The second-order valence-electron chi connectivity index (χ2n) is 2.60. The van der Waals surface area contributed by atoms with Crippen LogP contribution < -0.4 is 9.06 Å². The molecule has 0 aliphatic carbocycles. The minimum atomic E-state index is 0.854. The molecular weight excluding hydrogens is 277 g/mol. The van der Waals surface area contributed by atoms with Crippen LogP contribution in [0.3, 0.4) is 0 Å². The summed E-state index contributed by atoms with van der Waals surface area (Å²) in [7, 11) is 0. The summed E-state index contributed by atoms with van der Waals surface area (Å²) in [4.78, 5) is 4.22. The van der Waals surface area contributed by atoms with Gasteiger partial charge in [0, 0.05) is 34.4 Å². The molecule has 0 amide bonds. The Bertz CT molecular complexity index is 411. The van der Waals surface area contributed by atoms with Gasteiger partial charge in [0.25, 0.3) is 0 Å². The highest BCUT2D eigenvalue weighted by Gasteiger charge is 1.98. The summed E-state index contributed by atoms with van der Waals surface area (Å²) in [6.45, 7) is 0. The van der Waals surface area contributed by atoms with Crippen molar-refractivity contribution in [3.63, 3.8) is 0 Å². The first kappa shape index (κ1) is 8.71. The molecule has 0 unspecified atom stereocenters. The number of fused-ring (bicyclic) bond motifs is 1. The number of nitrogens with zero attached hydrogens (tertiary/aromatic N) is 1. The van der Waals surface area contributed by atoms with Crippen LogP contribution in [-0.2, 0) is 0 Å². The van der Waals surface area contributed by atoms with Gasteiger partial charge in [-0.05, 0) is 11.5 Å². The van der Waals surface area contributed by atoms with E-state index in [2.05, 4.69) is 20.1 Å². The molecule has 0 saturated heterocycles. The fraction of sp³-hybridized carbons (Fsp3) is 0. The molecule has 0 spiro atoms. The molecule has 0 radical (unpaired) electrons. The zero-order valence-corrected chi connectivity index (χ0v) is 8.95. The molecule has 1 heterocycles. The number of nitrogens with one attached hydrogen (secondary N) is 2. The standard InChI is InChI=1S/C9H8IN3/c10-13-12-9-8-4-2-1-3-7(8)5-6-11-9/h1-6,13H,(H,11,12). The monoisotopic (exact) mass is 285 g/mol. The van der Waals surface area contributed by atoms with Crippen molar-refractivity contribution in [1.29, 1.82) is 0 Å². The molecule has 4 heteroatoms. The van der Waals surface area contributed by atoms with Gasteiger partial charge in [-0.15, -0.1) is 0 Å². The van der Waals surface area contributed by atoms with Crippen molar-refractivity contribution in [3.05, 3.63) is 36.5 Å². The van der Waals surface area contributed by atoms with E-state index in [4.69, 9.17) is 0 Å². The predicted octanol–water partition coefficient (Wildman–Crippen LogP) is 2.50. The van der Waals surface area contributed by atoms with Crippen LogP contribution in [0.4, 0.5) is 5.82 Å². The number of benzene rings is 1. The highest BCUT2D eigenvalue weighted by Crippen LogP contribution is 2.19. The summed E-state index contributed by atoms with van der Waals surface area (Å²) >= 11 is 2.02. The van der Waals surface area contributed by atoms with E-state index in [1.165, 1.54) is 5.39 Å². The number of anilines is 1. The number of hydrazine groups is 1. The Morgan fingerprint density at radius 1 is 1.15 bits per heavy atom. The topological polar surface area (TPSA) is 37.0 Å². The van der Waals surface area contributed by atoms with Gasteiger partial charge >= 0.3 is 0 Å². The highest BCUT2D eigenvalue weighted by atomic mass is 127. The number of aromatic nitrogens is 1. The zero-order chi connectivity index (χ0) is 9.10. The van der Waals surface area contributed by atoms with Crippen LogP contribution in [0.5, 0.6) is 0 Å². The maximum absolute atomic E-state index is 4.22. The highest BCUT2D eigenvalue weighted by molar-refractivity contribution is 14.1. The van der Waals surface area contributed by atoms with E-state index in [1.807, 2.05) is 47.1 Å². The van der Waals surface area contributed by atoms with Gasteiger partial charge in [-0.3, -0.25) is 5.43 Å². The molecule has 2 rings (SSSR count). The Kier molecular flexibility index (Phi) is 2.60. The number of rotatable bonds is 2. The fourth-order valence-electron chi connectivity index (χ4n) is 1.26. The molecule has 0 fully saturated rings. The third-order valence-corrected chi connectivity index (χ3v) is 2.11. The van der Waals surface area contributed by atoms with Crippen LogP contribution >= 0.6 is 22.9 Å². The fourth-order valence-corrected chi connectivity index (χ4v) is 1.52. The minimum absolute atomic E-state index is 0.854. The lowest BCUT2D eigenvalue weighted by molar-refractivity contribution is 1.20. The van der Waals surface area contributed by atoms with Gasteiger partial charge in [0.15, 0.2) is 0 Å². The van der Waals surface area contributed by atoms with Gasteiger partial charge in [0.05, 0.1) is 0 Å². The van der Waals surface area contributed by atoms with E-state index in [1.54, 1.807) is 6.20 Å². The van der Waals surface area contributed by atoms with Gasteiger partial charge in [-0.1, -0.05) is 24.3 Å². The Balaban J connectivity index is 2.61. The summed E-state index contributed by atoms with van der Waals surface area (Å²) in [5.74, 6) is 0.854. The molecule has 2 N–H and O–H groups in total. The maximum Gasteiger partial charge on any atom is 0.148 e. The molecule has 13 heavy (non-hydrogen) atoms. The lowest BCUT2D eigenvalue weighted by Gasteiger charge is -2.05. The van der Waals surface area contributed by atoms with Gasteiger partial charge < -0.3 is 0 Å². The first-order chi connectivity index (χ1) is 6.42. The summed E-state index contributed by atoms with van der Waals surface area (Å²) in [5.41, 5.74) is 2.98. The van der Waals surface area contributed by atoms with Gasteiger partial charge in [0.1, 0.15) is 5.82 Å². The SMILES string of the molecule is INNc1nccc2ccccc12. The third kappa shape index (κ3) is 1.73. The molecule has 0 aliphatic rings. The maximum atomic E-state index is 4.22. The largest absolute Gasteiger partial charge is 0.296 e. The van der Waals surface area contributed by atoms with Gasteiger partial charge in [-0.2, -0.15) is 3.64 Å². The van der Waals surface area contributed by atoms with Crippen molar-refractivity contribution in [2.24, 2.45) is 0 Å². The van der Waals surface area contributed by atoms with E-state index in [-0.39, 0.29) is 0 Å². The number of pyridine rings is 1. The Labute approximate surface area is 90.0 Å². The molecule has 0 saturated carbocycles. The summed E-state index contributed by atoms with van der Waals surface area (Å²) in [5, 5.41) is 2.31. The second-order valence-corrected chi connectivity index (χ2v) is 3.14. The Morgan fingerprint density at radius 3 is 2.85 bits per heavy atom. The Hall–Kier alpha value is -0.880. The van der Waals surface area contributed by atoms with Crippen LogP contribution in [0.2, 0.25) is 0 Å². The summed E-state index contributed by atoms with van der Waals surface area (Å²) in [6.07, 6.45) is 1.79. The van der Waals surface area contributed by atoms with E-state index < -0.39 is 0 Å². The van der Waals surface area contributed by atoms with Crippen LogP contribution in [0.15, 0.2) is 36.5 Å². The van der Waals surface area contributed by atoms with Crippen molar-refractivity contribution in [3.8, 4) is 0 Å². The van der Waals surface area contributed by atoms with E-state index in [9.17, 15) is 0 Å². The van der Waals surface area contributed by atoms with Crippen molar-refractivity contribution in [2.45, 2.75) is 0 Å². The third-order valence-electron chi connectivity index (χ3n) is 1.84. The lowest BCUT2D eigenvalue weighted by Crippen LogP contribution is -2.09. The molecule has 3 nitrogen and oxygen atoms in total. The van der Waals surface area contributed by atoms with Crippen molar-refractivity contribution < 1.29 is 0 Å². The molecule has 1 aromatic carbocycles. The molecule has 0 atom stereocenters. The Morgan fingerprint density at radius 2 is 2.00 bits per heavy atom. The van der Waals surface area contributed by atoms with E-state index in [0.29, 0.717) is 0 Å². The van der Waals surface area contributed by atoms with Crippen molar-refractivity contribution >= 4 is 39.5 Å². The lowest BCUT2D eigenvalue weighted by atomic mass is 10.2. The molecule has 1 aromatic heterocycles. The zero-order valence-electron chi connectivity index (χ0n) is 6.79. The van der Waals surface area contributed by atoms with Crippen LogP contribution in [0, 0.1) is 0 Å². The molecule has 0 aliphatic heterocycles. The van der Waals surface area contributed by atoms with Crippen LogP contribution in [0.25, 0.3) is 10.8 Å². The average Bonchev–Trinajstić information content (AvgIpc) is 2.19. The smallest absolute Gasteiger partial charge is 0.148 e. The molecule has 2 aromatic rings. The molecular formula is C9H8IN3. The summed E-state index contributed by atoms with van der Waals surface area (Å²) < 4.78 is 2.83. The first-order valence-electron chi connectivity index (χ1n) is 3.87. The average molecular weight is 285 g/mol. The van der Waals surface area contributed by atoms with Crippen LogP contribution in [-0.4, -0.2) is 4.98 Å². The summed E-state index contributed by atoms with van der Waals surface area (Å²) in [6, 6.07) is 10.1. The second kappa shape index (κ2) is 3.89. The normalized spacial score (nSPS) is 10.2. The van der Waals surface area contributed by atoms with Crippen LogP contribution in [0.1, 0.15) is 0 Å². The molecule has 0 bridgehead atoms. The van der Waals surface area contributed by atoms with Gasteiger partial charge in [0.2, 0.25) is 0 Å². The first-order valence-corrected chi connectivity index (χ1v) is 4.95. The van der Waals surface area contributed by atoms with E-state index in [0.717, 1.165) is 11.2 Å². The predicted molar refractivity (Wildman–Crippen MR) is 62.5 cm³/mol. The van der Waals surface area contributed by atoms with Gasteiger partial charge in [-0.25, -0.2) is 4.98 Å². The van der Waals surface area contributed by atoms with Crippen molar-refractivity contribution in [2.75, 3.05) is 5.43 Å². The number of hydrogen-bond acceptors (Lipinski definition) is 3. The molecule has 66 valence electrons. The van der Waals surface area contributed by atoms with Crippen molar-refractivity contribution in [1.82, 2.24) is 8.62 Å². The quantitative estimate of drug-likeness (QED) is 0.506. The minimum Gasteiger partial charge on any atom is -0.296 e. The number of halogens is 1. The van der Waals surface area contributed by atoms with E-state index >= 15 is 0 Å².